The second-order valence-corrected chi connectivity index (χ2v) is 5.99. The lowest BCUT2D eigenvalue weighted by Crippen LogP contribution is -2.15. The predicted molar refractivity (Wildman–Crippen MR) is 64.8 cm³/mol. The molecule has 0 radical (unpaired) electrons. The normalized spacial score (nSPS) is 12.9. The molecule has 1 aromatic rings. The van der Waals surface area contributed by atoms with Crippen molar-refractivity contribution in [1.29, 1.82) is 0 Å². The van der Waals surface area contributed by atoms with Gasteiger partial charge in [0, 0.05) is 0 Å². The molecule has 1 heteroatoms. The lowest BCUT2D eigenvalue weighted by atomic mass is 9.87. The first-order chi connectivity index (χ1) is 6.68. The molecule has 1 aromatic carbocycles. The molecule has 1 rings (SSSR count). The van der Waals surface area contributed by atoms with Gasteiger partial charge in [-0.15, -0.1) is 0 Å². The Kier molecular flexibility index (Phi) is 3.25. The van der Waals surface area contributed by atoms with Gasteiger partial charge in [-0.25, -0.2) is 0 Å². The Morgan fingerprint density at radius 1 is 0.933 bits per heavy atom. The summed E-state index contributed by atoms with van der Waals surface area (Å²) in [4.78, 5) is 0. The highest BCUT2D eigenvalue weighted by atomic mass is 16.3. The fourth-order valence-corrected chi connectivity index (χ4v) is 1.64. The summed E-state index contributed by atoms with van der Waals surface area (Å²) >= 11 is 0. The Bertz CT molecular complexity index is 309. The van der Waals surface area contributed by atoms with Gasteiger partial charge in [-0.2, -0.15) is 0 Å². The van der Waals surface area contributed by atoms with E-state index in [0.29, 0.717) is 5.41 Å². The van der Waals surface area contributed by atoms with Gasteiger partial charge in [0.05, 0.1) is 5.60 Å². The summed E-state index contributed by atoms with van der Waals surface area (Å²) in [5.74, 6) is 0. The number of hydrogen-bond acceptors (Lipinski definition) is 1. The SMILES string of the molecule is CC(C)(C)Cc1ccc(C(C)(C)O)cc1. The maximum atomic E-state index is 9.81. The molecule has 0 unspecified atom stereocenters. The van der Waals surface area contributed by atoms with Crippen LogP contribution in [0.4, 0.5) is 0 Å². The smallest absolute Gasteiger partial charge is 0.0840 e. The Hall–Kier alpha value is -0.820. The Morgan fingerprint density at radius 2 is 1.40 bits per heavy atom. The summed E-state index contributed by atoms with van der Waals surface area (Å²) in [6, 6.07) is 8.25. The molecular formula is C14H22O. The van der Waals surface area contributed by atoms with Crippen molar-refractivity contribution < 1.29 is 5.11 Å². The highest BCUT2D eigenvalue weighted by Gasteiger charge is 2.16. The zero-order chi connectivity index (χ0) is 11.7. The maximum absolute atomic E-state index is 9.81. The van der Waals surface area contributed by atoms with Gasteiger partial charge in [0.1, 0.15) is 0 Å². The van der Waals surface area contributed by atoms with Crippen molar-refractivity contribution in [1.82, 2.24) is 0 Å². The average Bonchev–Trinajstić information content (AvgIpc) is 2.00. The topological polar surface area (TPSA) is 20.2 Å². The third kappa shape index (κ3) is 4.05. The molecule has 84 valence electrons. The van der Waals surface area contributed by atoms with Gasteiger partial charge >= 0.3 is 0 Å². The second kappa shape index (κ2) is 3.97. The van der Waals surface area contributed by atoms with E-state index in [1.807, 2.05) is 26.0 Å². The van der Waals surface area contributed by atoms with E-state index in [1.54, 1.807) is 0 Å². The van der Waals surface area contributed by atoms with Crippen molar-refractivity contribution in [3.63, 3.8) is 0 Å². The largest absolute Gasteiger partial charge is 0.386 e. The van der Waals surface area contributed by atoms with Crippen LogP contribution < -0.4 is 0 Å². The first-order valence-corrected chi connectivity index (χ1v) is 5.50. The van der Waals surface area contributed by atoms with E-state index in [9.17, 15) is 5.11 Å². The molecule has 0 saturated heterocycles. The van der Waals surface area contributed by atoms with Crippen LogP contribution in [-0.4, -0.2) is 5.11 Å². The van der Waals surface area contributed by atoms with Crippen LogP contribution in [0.3, 0.4) is 0 Å². The molecular weight excluding hydrogens is 184 g/mol. The van der Waals surface area contributed by atoms with Gasteiger partial charge in [0.2, 0.25) is 0 Å². The van der Waals surface area contributed by atoms with E-state index >= 15 is 0 Å². The highest BCUT2D eigenvalue weighted by molar-refractivity contribution is 5.26. The molecule has 0 saturated carbocycles. The molecule has 15 heavy (non-hydrogen) atoms. The average molecular weight is 206 g/mol. The van der Waals surface area contributed by atoms with Crippen molar-refractivity contribution in [2.24, 2.45) is 5.41 Å². The van der Waals surface area contributed by atoms with Gasteiger partial charge in [0.25, 0.3) is 0 Å². The Labute approximate surface area is 93.1 Å². The van der Waals surface area contributed by atoms with E-state index in [4.69, 9.17) is 0 Å². The lowest BCUT2D eigenvalue weighted by molar-refractivity contribution is 0.0786. The van der Waals surface area contributed by atoms with Gasteiger partial charge in [0.15, 0.2) is 0 Å². The van der Waals surface area contributed by atoms with E-state index in [-0.39, 0.29) is 0 Å². The van der Waals surface area contributed by atoms with Crippen LogP contribution in [0.2, 0.25) is 0 Å². The molecule has 0 aliphatic rings. The van der Waals surface area contributed by atoms with Gasteiger partial charge < -0.3 is 5.11 Å². The minimum atomic E-state index is -0.736. The first kappa shape index (κ1) is 12.3. The predicted octanol–water partition coefficient (Wildman–Crippen LogP) is 3.50. The minimum absolute atomic E-state index is 0.316. The highest BCUT2D eigenvalue weighted by Crippen LogP contribution is 2.23. The fourth-order valence-electron chi connectivity index (χ4n) is 1.64. The van der Waals surface area contributed by atoms with Crippen LogP contribution in [0.25, 0.3) is 0 Å². The molecule has 0 aliphatic carbocycles. The number of benzene rings is 1. The molecule has 1 N–H and O–H groups in total. The molecule has 0 spiro atoms. The van der Waals surface area contributed by atoms with Crippen LogP contribution in [0, 0.1) is 5.41 Å². The quantitative estimate of drug-likeness (QED) is 0.785. The van der Waals surface area contributed by atoms with E-state index in [1.165, 1.54) is 5.56 Å². The van der Waals surface area contributed by atoms with Crippen molar-refractivity contribution in [3.8, 4) is 0 Å². The van der Waals surface area contributed by atoms with E-state index < -0.39 is 5.60 Å². The Morgan fingerprint density at radius 3 is 1.73 bits per heavy atom. The molecule has 0 heterocycles. The summed E-state index contributed by atoms with van der Waals surface area (Å²) < 4.78 is 0. The third-order valence-corrected chi connectivity index (χ3v) is 2.39. The molecule has 0 atom stereocenters. The van der Waals surface area contributed by atoms with Crippen LogP contribution in [0.5, 0.6) is 0 Å². The van der Waals surface area contributed by atoms with Gasteiger partial charge in [-0.1, -0.05) is 45.0 Å². The Balaban J connectivity index is 2.82. The molecule has 0 fully saturated rings. The number of rotatable bonds is 2. The van der Waals surface area contributed by atoms with E-state index in [0.717, 1.165) is 12.0 Å². The zero-order valence-corrected chi connectivity index (χ0v) is 10.5. The lowest BCUT2D eigenvalue weighted by Gasteiger charge is -2.20. The third-order valence-electron chi connectivity index (χ3n) is 2.39. The molecule has 0 amide bonds. The molecule has 0 aromatic heterocycles. The van der Waals surface area contributed by atoms with Crippen molar-refractivity contribution >= 4 is 0 Å². The minimum Gasteiger partial charge on any atom is -0.386 e. The first-order valence-electron chi connectivity index (χ1n) is 5.50. The summed E-state index contributed by atoms with van der Waals surface area (Å²) in [6.07, 6.45) is 1.07. The van der Waals surface area contributed by atoms with Crippen LogP contribution in [0.15, 0.2) is 24.3 Å². The van der Waals surface area contributed by atoms with Crippen molar-refractivity contribution in [2.75, 3.05) is 0 Å². The molecule has 0 bridgehead atoms. The van der Waals surface area contributed by atoms with Crippen molar-refractivity contribution in [2.45, 2.75) is 46.6 Å². The maximum Gasteiger partial charge on any atom is 0.0840 e. The molecule has 1 nitrogen and oxygen atoms in total. The van der Waals surface area contributed by atoms with Crippen LogP contribution in [-0.2, 0) is 12.0 Å². The van der Waals surface area contributed by atoms with Crippen molar-refractivity contribution in [3.05, 3.63) is 35.4 Å². The van der Waals surface area contributed by atoms with Gasteiger partial charge in [-0.3, -0.25) is 0 Å². The summed E-state index contributed by atoms with van der Waals surface area (Å²) in [7, 11) is 0. The van der Waals surface area contributed by atoms with Crippen LogP contribution in [0.1, 0.15) is 45.7 Å². The number of aliphatic hydroxyl groups is 1. The van der Waals surface area contributed by atoms with Crippen LogP contribution >= 0.6 is 0 Å². The second-order valence-electron chi connectivity index (χ2n) is 5.99. The standard InChI is InChI=1S/C14H22O/c1-13(2,3)10-11-6-8-12(9-7-11)14(4,5)15/h6-9,15H,10H2,1-5H3. The number of hydrogen-bond donors (Lipinski definition) is 1. The summed E-state index contributed by atoms with van der Waals surface area (Å²) in [5.41, 5.74) is 1.88. The fraction of sp³-hybridized carbons (Fsp3) is 0.571. The van der Waals surface area contributed by atoms with Gasteiger partial charge in [-0.05, 0) is 36.8 Å². The molecule has 0 aliphatic heterocycles. The van der Waals surface area contributed by atoms with E-state index in [2.05, 4.69) is 32.9 Å². The monoisotopic (exact) mass is 206 g/mol. The summed E-state index contributed by atoms with van der Waals surface area (Å²) in [5, 5.41) is 9.81. The summed E-state index contributed by atoms with van der Waals surface area (Å²) in [6.45, 7) is 10.3. The zero-order valence-electron chi connectivity index (χ0n) is 10.5.